The predicted molar refractivity (Wildman–Crippen MR) is 168 cm³/mol. The van der Waals surface area contributed by atoms with Crippen LogP contribution in [0.1, 0.15) is 36.6 Å². The van der Waals surface area contributed by atoms with Crippen molar-refractivity contribution in [3.63, 3.8) is 0 Å². The molecule has 0 unspecified atom stereocenters. The second-order valence-corrected chi connectivity index (χ2v) is 13.0. The number of halogens is 4. The number of likely N-dealkylation sites (tertiary alicyclic amines) is 1. The van der Waals surface area contributed by atoms with Crippen molar-refractivity contribution in [1.82, 2.24) is 19.8 Å². The Hall–Kier alpha value is -3.38. The minimum absolute atomic E-state index is 0.00849. The van der Waals surface area contributed by atoms with E-state index >= 15 is 0 Å². The highest BCUT2D eigenvalue weighted by Gasteiger charge is 2.42. The van der Waals surface area contributed by atoms with Crippen LogP contribution in [-0.4, -0.2) is 106 Å². The molecule has 1 aromatic heterocycles. The van der Waals surface area contributed by atoms with Gasteiger partial charge in [-0.1, -0.05) is 31.2 Å². The predicted octanol–water partition coefficient (Wildman–Crippen LogP) is 3.81. The maximum Gasteiger partial charge on any atom is 0.419 e. The quantitative estimate of drug-likeness (QED) is 0.291. The van der Waals surface area contributed by atoms with Gasteiger partial charge in [-0.15, -0.1) is 0 Å². The lowest BCUT2D eigenvalue weighted by Gasteiger charge is -2.48. The van der Waals surface area contributed by atoms with E-state index in [9.17, 15) is 23.2 Å². The van der Waals surface area contributed by atoms with Crippen LogP contribution in [0.25, 0.3) is 0 Å². The number of ether oxygens (including phenoxy) is 2. The first-order valence-electron chi connectivity index (χ1n) is 15.1. The summed E-state index contributed by atoms with van der Waals surface area (Å²) in [6.07, 6.45) is -2.19. The van der Waals surface area contributed by atoms with Gasteiger partial charge in [0.2, 0.25) is 5.91 Å². The van der Waals surface area contributed by atoms with Gasteiger partial charge in [0.05, 0.1) is 62.5 Å². The molecule has 0 spiro atoms. The molecule has 3 aliphatic rings. The fraction of sp³-hybridized carbons (Fsp3) is 0.548. The lowest BCUT2D eigenvalue weighted by Crippen LogP contribution is -2.64. The first kappa shape index (κ1) is 34.0. The number of carbonyl (C=O) groups is 1. The van der Waals surface area contributed by atoms with E-state index in [2.05, 4.69) is 34.7 Å². The molecule has 10 nitrogen and oxygen atoms in total. The van der Waals surface area contributed by atoms with Gasteiger partial charge in [-0.25, -0.2) is 0 Å². The molecule has 46 heavy (non-hydrogen) atoms. The molecule has 0 N–H and O–H groups in total. The SMILES string of the molecule is C=CC(=O)N1CCN(c2nc(OC[C@@H]3C[C@@H](OC)CN3CC)nc3c2CCN(c2cccc(Cl)c2C(F)(F)F)C3)C[C@@]1([Si])CC#N. The third kappa shape index (κ3) is 6.83. The number of fused-ring (bicyclic) bond motifs is 1. The van der Waals surface area contributed by atoms with Crippen LogP contribution in [0, 0.1) is 11.3 Å². The van der Waals surface area contributed by atoms with Gasteiger partial charge in [0.1, 0.15) is 12.4 Å². The smallest absolute Gasteiger partial charge is 0.419 e. The molecular formula is C31H36ClF3N7O3Si. The number of piperazine rings is 1. The number of benzene rings is 1. The summed E-state index contributed by atoms with van der Waals surface area (Å²) in [4.78, 5) is 29.7. The summed E-state index contributed by atoms with van der Waals surface area (Å²) in [7, 11) is 5.42. The molecular weight excluding hydrogens is 639 g/mol. The number of hydrogen-bond acceptors (Lipinski definition) is 9. The maximum atomic E-state index is 14.1. The number of alkyl halides is 3. The Labute approximate surface area is 275 Å². The van der Waals surface area contributed by atoms with Crippen molar-refractivity contribution in [2.24, 2.45) is 0 Å². The minimum atomic E-state index is -4.64. The largest absolute Gasteiger partial charge is 0.462 e. The molecule has 1 amide bonds. The Morgan fingerprint density at radius 1 is 1.28 bits per heavy atom. The maximum absolute atomic E-state index is 14.1. The highest BCUT2D eigenvalue weighted by Crippen LogP contribution is 2.43. The number of amides is 1. The molecule has 2 saturated heterocycles. The van der Waals surface area contributed by atoms with Gasteiger partial charge < -0.3 is 24.2 Å². The Bertz CT molecular complexity index is 1510. The molecule has 3 radical (unpaired) electrons. The minimum Gasteiger partial charge on any atom is -0.462 e. The van der Waals surface area contributed by atoms with Gasteiger partial charge in [-0.05, 0) is 37.6 Å². The molecule has 1 aromatic carbocycles. The second kappa shape index (κ2) is 13.8. The molecule has 2 fully saturated rings. The first-order chi connectivity index (χ1) is 21.9. The zero-order chi connectivity index (χ0) is 33.2. The van der Waals surface area contributed by atoms with Crippen LogP contribution in [0.3, 0.4) is 0 Å². The number of methoxy groups -OCH3 is 1. The normalized spacial score (nSPS) is 23.7. The summed E-state index contributed by atoms with van der Waals surface area (Å²) in [6.45, 7) is 8.85. The van der Waals surface area contributed by atoms with Gasteiger partial charge >= 0.3 is 12.2 Å². The average molecular weight is 675 g/mol. The van der Waals surface area contributed by atoms with Gasteiger partial charge in [0.15, 0.2) is 0 Å². The number of aromatic nitrogens is 2. The van der Waals surface area contributed by atoms with E-state index in [4.69, 9.17) is 31.0 Å². The lowest BCUT2D eigenvalue weighted by atomic mass is 10.0. The Kier molecular flexibility index (Phi) is 10.2. The highest BCUT2D eigenvalue weighted by atomic mass is 35.5. The van der Waals surface area contributed by atoms with Crippen molar-refractivity contribution in [3.05, 3.63) is 52.7 Å². The number of nitriles is 1. The lowest BCUT2D eigenvalue weighted by molar-refractivity contribution is -0.137. The molecule has 0 aliphatic carbocycles. The van der Waals surface area contributed by atoms with Crippen LogP contribution in [0.2, 0.25) is 5.02 Å². The van der Waals surface area contributed by atoms with Crippen molar-refractivity contribution in [2.45, 2.75) is 56.2 Å². The van der Waals surface area contributed by atoms with Crippen LogP contribution >= 0.6 is 11.6 Å². The summed E-state index contributed by atoms with van der Waals surface area (Å²) in [5, 5.41) is 8.24. The molecule has 15 heteroatoms. The van der Waals surface area contributed by atoms with E-state index in [1.165, 1.54) is 24.3 Å². The Morgan fingerprint density at radius 2 is 2.07 bits per heavy atom. The number of nitrogens with zero attached hydrogens (tertiary/aromatic N) is 7. The number of carbonyl (C=O) groups excluding carboxylic acids is 1. The zero-order valence-corrected chi connectivity index (χ0v) is 27.6. The average Bonchev–Trinajstić information content (AvgIpc) is 3.44. The van der Waals surface area contributed by atoms with E-state index in [0.29, 0.717) is 37.6 Å². The van der Waals surface area contributed by atoms with E-state index in [-0.39, 0.29) is 60.8 Å². The number of likely N-dealkylation sites (N-methyl/N-ethyl adjacent to an activating group) is 1. The fourth-order valence-corrected chi connectivity index (χ4v) is 7.39. The monoisotopic (exact) mass is 674 g/mol. The van der Waals surface area contributed by atoms with Gasteiger partial charge in [-0.2, -0.15) is 28.4 Å². The standard InChI is InChI=1S/C31H36ClF3N7O3Si/c1-4-26(43)42-14-13-41(19-30(42,46)10-11-36)28-22-9-12-40(25-8-6-7-23(32)27(25)31(33,34)35)17-24(22)37-29(38-28)45-18-20-15-21(44-3)16-39(20)5-2/h4,6-8,20-21H,1,5,9-10,12-19H2,2-3H3/t20-,21+,30-/m0/s1. The van der Waals surface area contributed by atoms with E-state index in [0.717, 1.165) is 25.1 Å². The van der Waals surface area contributed by atoms with Crippen LogP contribution < -0.4 is 14.5 Å². The van der Waals surface area contributed by atoms with Gasteiger partial charge in [-0.3, -0.25) is 9.69 Å². The van der Waals surface area contributed by atoms with Crippen molar-refractivity contribution >= 4 is 39.3 Å². The molecule has 5 rings (SSSR count). The molecule has 245 valence electrons. The van der Waals surface area contributed by atoms with E-state index in [1.54, 1.807) is 16.9 Å². The molecule has 2 aromatic rings. The number of hydrogen-bond donors (Lipinski definition) is 0. The second-order valence-electron chi connectivity index (χ2n) is 11.7. The molecule has 4 heterocycles. The van der Waals surface area contributed by atoms with Crippen LogP contribution in [-0.2, 0) is 28.7 Å². The third-order valence-corrected chi connectivity index (χ3v) is 9.87. The van der Waals surface area contributed by atoms with Crippen molar-refractivity contribution in [2.75, 3.05) is 62.8 Å². The highest BCUT2D eigenvalue weighted by molar-refractivity contribution is 6.31. The molecule has 0 saturated carbocycles. The zero-order valence-electron chi connectivity index (χ0n) is 25.8. The first-order valence-corrected chi connectivity index (χ1v) is 16.0. The molecule has 3 atom stereocenters. The van der Waals surface area contributed by atoms with Crippen LogP contribution in [0.5, 0.6) is 6.01 Å². The topological polar surface area (TPSA) is 98.1 Å². The van der Waals surface area contributed by atoms with Crippen molar-refractivity contribution in [3.8, 4) is 12.1 Å². The Morgan fingerprint density at radius 3 is 2.74 bits per heavy atom. The summed E-state index contributed by atoms with van der Waals surface area (Å²) < 4.78 is 54.1. The summed E-state index contributed by atoms with van der Waals surface area (Å²) in [5.74, 6) is 0.268. The fourth-order valence-electron chi connectivity index (χ4n) is 6.63. The van der Waals surface area contributed by atoms with Crippen molar-refractivity contribution in [1.29, 1.82) is 5.26 Å². The van der Waals surface area contributed by atoms with E-state index < -0.39 is 16.9 Å². The van der Waals surface area contributed by atoms with Gasteiger partial charge in [0, 0.05) is 51.4 Å². The Balaban J connectivity index is 1.51. The van der Waals surface area contributed by atoms with Crippen molar-refractivity contribution < 1.29 is 27.4 Å². The number of rotatable bonds is 9. The van der Waals surface area contributed by atoms with E-state index in [1.807, 2.05) is 4.90 Å². The molecule has 3 aliphatic heterocycles. The summed E-state index contributed by atoms with van der Waals surface area (Å²) in [6, 6.07) is 6.51. The number of anilines is 2. The summed E-state index contributed by atoms with van der Waals surface area (Å²) in [5.41, 5.74) is 0.414. The summed E-state index contributed by atoms with van der Waals surface area (Å²) >= 11 is 6.06. The van der Waals surface area contributed by atoms with Crippen LogP contribution in [0.15, 0.2) is 30.9 Å². The third-order valence-electron chi connectivity index (χ3n) is 8.95. The van der Waals surface area contributed by atoms with Crippen LogP contribution in [0.4, 0.5) is 24.7 Å². The molecule has 0 bridgehead atoms. The van der Waals surface area contributed by atoms with Gasteiger partial charge in [0.25, 0.3) is 0 Å².